The molecular formula is C22H20N2O2. The highest BCUT2D eigenvalue weighted by Gasteiger charge is 2.19. The molecule has 0 unspecified atom stereocenters. The molecule has 0 spiro atoms. The van der Waals surface area contributed by atoms with Gasteiger partial charge in [0, 0.05) is 29.1 Å². The standard InChI is InChI=1S/C22H20N2O2/c1-5-11-24-16(3)13-20(17(24)4)22(25)19(15-23)14-18-9-7-8-10-21(18)26-12-6-2/h2,5,7-10,13-14H,1,11-12H2,3-4H3/b19-14+. The van der Waals surface area contributed by atoms with E-state index in [0.29, 0.717) is 23.4 Å². The molecule has 2 aromatic rings. The minimum Gasteiger partial charge on any atom is -0.480 e. The Morgan fingerprint density at radius 2 is 2.12 bits per heavy atom. The zero-order chi connectivity index (χ0) is 19.1. The number of carbonyl (C=O) groups is 1. The van der Waals surface area contributed by atoms with Crippen LogP contribution in [0.15, 0.2) is 48.6 Å². The fourth-order valence-corrected chi connectivity index (χ4v) is 2.74. The van der Waals surface area contributed by atoms with Crippen LogP contribution < -0.4 is 4.74 Å². The number of aryl methyl sites for hydroxylation is 1. The molecule has 0 fully saturated rings. The van der Waals surface area contributed by atoms with Crippen molar-refractivity contribution in [1.29, 1.82) is 5.26 Å². The van der Waals surface area contributed by atoms with Crippen molar-refractivity contribution in [2.24, 2.45) is 0 Å². The van der Waals surface area contributed by atoms with Gasteiger partial charge in [0.25, 0.3) is 0 Å². The lowest BCUT2D eigenvalue weighted by Gasteiger charge is -2.07. The van der Waals surface area contributed by atoms with Gasteiger partial charge in [-0.2, -0.15) is 5.26 Å². The smallest absolute Gasteiger partial charge is 0.205 e. The van der Waals surface area contributed by atoms with Crippen LogP contribution in [0.3, 0.4) is 0 Å². The zero-order valence-corrected chi connectivity index (χ0v) is 15.0. The molecular weight excluding hydrogens is 324 g/mol. The highest BCUT2D eigenvalue weighted by molar-refractivity contribution is 6.14. The number of carbonyl (C=O) groups excluding carboxylic acids is 1. The van der Waals surface area contributed by atoms with Crippen LogP contribution in [0.25, 0.3) is 6.08 Å². The van der Waals surface area contributed by atoms with Crippen LogP contribution in [0.4, 0.5) is 0 Å². The van der Waals surface area contributed by atoms with Gasteiger partial charge in [-0.25, -0.2) is 0 Å². The topological polar surface area (TPSA) is 55.0 Å². The summed E-state index contributed by atoms with van der Waals surface area (Å²) >= 11 is 0. The number of rotatable bonds is 7. The number of hydrogen-bond donors (Lipinski definition) is 0. The van der Waals surface area contributed by atoms with Gasteiger partial charge in [-0.1, -0.05) is 30.2 Å². The first-order valence-corrected chi connectivity index (χ1v) is 8.12. The van der Waals surface area contributed by atoms with Crippen LogP contribution in [-0.4, -0.2) is 17.0 Å². The summed E-state index contributed by atoms with van der Waals surface area (Å²) in [6.07, 6.45) is 8.54. The summed E-state index contributed by atoms with van der Waals surface area (Å²) in [5.41, 5.74) is 2.94. The van der Waals surface area contributed by atoms with Crippen molar-refractivity contribution in [3.05, 3.63) is 71.1 Å². The van der Waals surface area contributed by atoms with Gasteiger partial charge >= 0.3 is 0 Å². The van der Waals surface area contributed by atoms with Gasteiger partial charge < -0.3 is 9.30 Å². The number of para-hydroxylation sites is 1. The van der Waals surface area contributed by atoms with Gasteiger partial charge in [-0.15, -0.1) is 13.0 Å². The summed E-state index contributed by atoms with van der Waals surface area (Å²) in [6.45, 7) is 8.25. The van der Waals surface area contributed by atoms with E-state index >= 15 is 0 Å². The molecule has 26 heavy (non-hydrogen) atoms. The van der Waals surface area contributed by atoms with Crippen molar-refractivity contribution in [2.45, 2.75) is 20.4 Å². The van der Waals surface area contributed by atoms with Crippen LogP contribution in [-0.2, 0) is 6.54 Å². The lowest BCUT2D eigenvalue weighted by atomic mass is 10.0. The molecule has 1 heterocycles. The molecule has 0 saturated heterocycles. The number of aromatic nitrogens is 1. The van der Waals surface area contributed by atoms with E-state index in [2.05, 4.69) is 12.5 Å². The summed E-state index contributed by atoms with van der Waals surface area (Å²) in [4.78, 5) is 12.9. The van der Waals surface area contributed by atoms with Gasteiger partial charge in [0.05, 0.1) is 0 Å². The second-order valence-corrected chi connectivity index (χ2v) is 5.71. The molecule has 0 N–H and O–H groups in total. The molecule has 4 nitrogen and oxygen atoms in total. The summed E-state index contributed by atoms with van der Waals surface area (Å²) in [5.74, 6) is 2.62. The Balaban J connectivity index is 2.44. The second kappa shape index (κ2) is 8.55. The molecule has 4 heteroatoms. The Bertz CT molecular complexity index is 949. The summed E-state index contributed by atoms with van der Waals surface area (Å²) in [6, 6.07) is 10.9. The number of allylic oxidation sites excluding steroid dienone is 2. The average Bonchev–Trinajstić information content (AvgIpc) is 2.93. The van der Waals surface area contributed by atoms with Crippen molar-refractivity contribution >= 4 is 11.9 Å². The van der Waals surface area contributed by atoms with E-state index in [0.717, 1.165) is 11.4 Å². The first-order valence-electron chi connectivity index (χ1n) is 8.12. The van der Waals surface area contributed by atoms with E-state index in [1.807, 2.05) is 30.6 Å². The zero-order valence-electron chi connectivity index (χ0n) is 15.0. The van der Waals surface area contributed by atoms with Crippen molar-refractivity contribution in [2.75, 3.05) is 6.61 Å². The number of Topliss-reactive ketones (excluding diaryl/α,β-unsaturated/α-hetero) is 1. The number of nitriles is 1. The molecule has 1 aromatic carbocycles. The van der Waals surface area contributed by atoms with Gasteiger partial charge in [0.15, 0.2) is 0 Å². The van der Waals surface area contributed by atoms with Crippen molar-refractivity contribution < 1.29 is 9.53 Å². The maximum absolute atomic E-state index is 12.9. The fourth-order valence-electron chi connectivity index (χ4n) is 2.74. The van der Waals surface area contributed by atoms with E-state index in [9.17, 15) is 10.1 Å². The highest BCUT2D eigenvalue weighted by Crippen LogP contribution is 2.24. The average molecular weight is 344 g/mol. The fraction of sp³-hybridized carbons (Fsp3) is 0.182. The quantitative estimate of drug-likeness (QED) is 0.250. The summed E-state index contributed by atoms with van der Waals surface area (Å²) < 4.78 is 7.46. The first-order chi connectivity index (χ1) is 12.5. The molecule has 2 rings (SSSR count). The summed E-state index contributed by atoms with van der Waals surface area (Å²) in [7, 11) is 0. The molecule has 130 valence electrons. The van der Waals surface area contributed by atoms with Gasteiger partial charge in [0.2, 0.25) is 5.78 Å². The number of nitrogens with zero attached hydrogens (tertiary/aromatic N) is 2. The van der Waals surface area contributed by atoms with E-state index in [-0.39, 0.29) is 18.0 Å². The van der Waals surface area contributed by atoms with Gasteiger partial charge in [-0.05, 0) is 32.1 Å². The Morgan fingerprint density at radius 3 is 2.77 bits per heavy atom. The number of hydrogen-bond acceptors (Lipinski definition) is 3. The minimum atomic E-state index is -0.317. The minimum absolute atomic E-state index is 0.0422. The molecule has 1 aromatic heterocycles. The number of ketones is 1. The third kappa shape index (κ3) is 3.94. The monoisotopic (exact) mass is 344 g/mol. The Morgan fingerprint density at radius 1 is 1.38 bits per heavy atom. The Labute approximate surface area is 154 Å². The van der Waals surface area contributed by atoms with E-state index in [4.69, 9.17) is 11.2 Å². The van der Waals surface area contributed by atoms with Crippen molar-refractivity contribution in [3.63, 3.8) is 0 Å². The predicted octanol–water partition coefficient (Wildman–Crippen LogP) is 4.09. The first kappa shape index (κ1) is 18.8. The van der Waals surface area contributed by atoms with Crippen LogP contribution in [0.2, 0.25) is 0 Å². The molecule has 0 aliphatic rings. The lowest BCUT2D eigenvalue weighted by molar-refractivity contribution is 0.103. The molecule has 0 amide bonds. The predicted molar refractivity (Wildman–Crippen MR) is 103 cm³/mol. The number of terminal acetylenes is 1. The molecule has 0 aliphatic heterocycles. The number of benzene rings is 1. The SMILES string of the molecule is C#CCOc1ccccc1/C=C(\C#N)C(=O)c1cc(C)n(CC=C)c1C. The third-order valence-electron chi connectivity index (χ3n) is 4.02. The van der Waals surface area contributed by atoms with Gasteiger partial charge in [0.1, 0.15) is 24.0 Å². The molecule has 0 aliphatic carbocycles. The van der Waals surface area contributed by atoms with Crippen LogP contribution in [0.5, 0.6) is 5.75 Å². The molecule has 0 saturated carbocycles. The maximum Gasteiger partial charge on any atom is 0.205 e. The molecule has 0 atom stereocenters. The van der Waals surface area contributed by atoms with E-state index in [1.165, 1.54) is 6.08 Å². The molecule has 0 radical (unpaired) electrons. The van der Waals surface area contributed by atoms with Crippen LogP contribution in [0, 0.1) is 37.5 Å². The highest BCUT2D eigenvalue weighted by atomic mass is 16.5. The van der Waals surface area contributed by atoms with E-state index in [1.54, 1.807) is 30.3 Å². The van der Waals surface area contributed by atoms with E-state index < -0.39 is 0 Å². The Kier molecular flexibility index (Phi) is 6.20. The normalized spacial score (nSPS) is 10.7. The van der Waals surface area contributed by atoms with Crippen LogP contribution >= 0.6 is 0 Å². The Hall–Kier alpha value is -3.50. The summed E-state index contributed by atoms with van der Waals surface area (Å²) in [5, 5.41) is 9.52. The second-order valence-electron chi connectivity index (χ2n) is 5.71. The maximum atomic E-state index is 12.9. The largest absolute Gasteiger partial charge is 0.480 e. The molecule has 0 bridgehead atoms. The van der Waals surface area contributed by atoms with Gasteiger partial charge in [-0.3, -0.25) is 4.79 Å². The van der Waals surface area contributed by atoms with Crippen molar-refractivity contribution in [1.82, 2.24) is 4.57 Å². The lowest BCUT2D eigenvalue weighted by Crippen LogP contribution is -2.06. The number of ether oxygens (including phenoxy) is 1. The third-order valence-corrected chi connectivity index (χ3v) is 4.02. The van der Waals surface area contributed by atoms with Crippen molar-refractivity contribution in [3.8, 4) is 24.2 Å². The van der Waals surface area contributed by atoms with Crippen LogP contribution in [0.1, 0.15) is 27.3 Å².